The lowest BCUT2D eigenvalue weighted by atomic mass is 10.0. The van der Waals surface area contributed by atoms with Gasteiger partial charge in [-0.2, -0.15) is 0 Å². The molecule has 8 nitrogen and oxygen atoms in total. The van der Waals surface area contributed by atoms with E-state index < -0.39 is 5.54 Å². The molecular weight excluding hydrogens is 418 g/mol. The molecule has 2 unspecified atom stereocenters. The molecule has 2 fully saturated rings. The van der Waals surface area contributed by atoms with Crippen molar-refractivity contribution < 1.29 is 14.4 Å². The smallest absolute Gasteiger partial charge is 0.254 e. The van der Waals surface area contributed by atoms with Gasteiger partial charge in [0.2, 0.25) is 5.91 Å². The summed E-state index contributed by atoms with van der Waals surface area (Å²) in [4.78, 5) is 44.2. The first-order valence-corrected chi connectivity index (χ1v) is 11.5. The van der Waals surface area contributed by atoms with Crippen molar-refractivity contribution in [2.24, 2.45) is 0 Å². The van der Waals surface area contributed by atoms with E-state index in [2.05, 4.69) is 29.5 Å². The summed E-state index contributed by atoms with van der Waals surface area (Å²) in [5.41, 5.74) is 6.58. The van der Waals surface area contributed by atoms with Gasteiger partial charge in [-0.3, -0.25) is 14.4 Å². The lowest BCUT2D eigenvalue weighted by Gasteiger charge is -2.26. The molecule has 2 aliphatic rings. The molecule has 1 aliphatic heterocycles. The van der Waals surface area contributed by atoms with Crippen molar-refractivity contribution in [3.63, 3.8) is 0 Å². The highest BCUT2D eigenvalue weighted by atomic mass is 16.2. The Balaban J connectivity index is 1.37. The zero-order valence-corrected chi connectivity index (χ0v) is 19.3. The summed E-state index contributed by atoms with van der Waals surface area (Å²) in [6.45, 7) is 6.06. The normalized spacial score (nSPS) is 21.8. The van der Waals surface area contributed by atoms with Gasteiger partial charge in [0.25, 0.3) is 11.8 Å². The Kier molecular flexibility index (Phi) is 6.10. The number of aromatic nitrogens is 1. The molecule has 1 saturated heterocycles. The molecule has 3 atom stereocenters. The van der Waals surface area contributed by atoms with Crippen LogP contribution < -0.4 is 16.4 Å². The minimum Gasteiger partial charge on any atom is -0.384 e. The largest absolute Gasteiger partial charge is 0.384 e. The van der Waals surface area contributed by atoms with E-state index in [-0.39, 0.29) is 35.8 Å². The maximum absolute atomic E-state index is 12.9. The molecule has 0 radical (unpaired) electrons. The second-order valence-corrected chi connectivity index (χ2v) is 9.31. The van der Waals surface area contributed by atoms with Gasteiger partial charge in [-0.1, -0.05) is 12.1 Å². The number of nitrogens with two attached hydrogens (primary N) is 1. The van der Waals surface area contributed by atoms with Crippen molar-refractivity contribution in [2.45, 2.75) is 70.1 Å². The number of likely N-dealkylation sites (tertiary alicyclic amines) is 1. The van der Waals surface area contributed by atoms with E-state index >= 15 is 0 Å². The molecule has 1 saturated carbocycles. The predicted molar refractivity (Wildman–Crippen MR) is 125 cm³/mol. The van der Waals surface area contributed by atoms with Gasteiger partial charge in [-0.15, -0.1) is 0 Å². The highest BCUT2D eigenvalue weighted by molar-refractivity contribution is 6.00. The molecule has 33 heavy (non-hydrogen) atoms. The quantitative estimate of drug-likeness (QED) is 0.627. The maximum atomic E-state index is 12.9. The lowest BCUT2D eigenvalue weighted by Crippen LogP contribution is -2.49. The molecule has 4 N–H and O–H groups in total. The Hall–Kier alpha value is -3.42. The Morgan fingerprint density at radius 3 is 2.18 bits per heavy atom. The average molecular weight is 450 g/mol. The molecule has 4 rings (SSSR count). The van der Waals surface area contributed by atoms with E-state index in [4.69, 9.17) is 5.73 Å². The molecule has 3 amide bonds. The van der Waals surface area contributed by atoms with Crippen LogP contribution in [0.15, 0.2) is 42.6 Å². The van der Waals surface area contributed by atoms with Gasteiger partial charge in [0.05, 0.1) is 11.6 Å². The summed E-state index contributed by atoms with van der Waals surface area (Å²) in [5, 5.41) is 5.84. The van der Waals surface area contributed by atoms with Crippen LogP contribution in [0.2, 0.25) is 0 Å². The zero-order chi connectivity index (χ0) is 23.8. The average Bonchev–Trinajstić information content (AvgIpc) is 3.51. The van der Waals surface area contributed by atoms with Crippen LogP contribution in [0, 0.1) is 0 Å². The minimum atomic E-state index is -0.898. The minimum absolute atomic E-state index is 0.0487. The molecular formula is C25H31N5O3. The van der Waals surface area contributed by atoms with Gasteiger partial charge in [-0.05, 0) is 76.3 Å². The number of pyridine rings is 1. The number of carbonyl (C=O) groups is 3. The first kappa shape index (κ1) is 22.8. The van der Waals surface area contributed by atoms with Crippen LogP contribution in [0.4, 0.5) is 5.82 Å². The molecule has 1 aromatic carbocycles. The van der Waals surface area contributed by atoms with Crippen LogP contribution in [0.25, 0.3) is 0 Å². The van der Waals surface area contributed by atoms with Crippen molar-refractivity contribution in [2.75, 3.05) is 5.73 Å². The number of nitrogen functional groups attached to an aromatic ring is 1. The van der Waals surface area contributed by atoms with Crippen molar-refractivity contribution in [1.82, 2.24) is 20.5 Å². The van der Waals surface area contributed by atoms with Crippen molar-refractivity contribution in [1.29, 1.82) is 0 Å². The van der Waals surface area contributed by atoms with E-state index in [1.165, 1.54) is 6.20 Å². The summed E-state index contributed by atoms with van der Waals surface area (Å²) in [5.74, 6) is -0.188. The van der Waals surface area contributed by atoms with Crippen LogP contribution in [0.5, 0.6) is 0 Å². The predicted octanol–water partition coefficient (Wildman–Crippen LogP) is 2.82. The van der Waals surface area contributed by atoms with Crippen molar-refractivity contribution in [3.8, 4) is 0 Å². The molecule has 2 heterocycles. The van der Waals surface area contributed by atoms with Gasteiger partial charge in [0.1, 0.15) is 11.4 Å². The Labute approximate surface area is 193 Å². The van der Waals surface area contributed by atoms with Crippen LogP contribution in [0.3, 0.4) is 0 Å². The van der Waals surface area contributed by atoms with E-state index in [1.807, 2.05) is 36.1 Å². The number of carbonyl (C=O) groups excluding carboxylic acids is 3. The summed E-state index contributed by atoms with van der Waals surface area (Å²) < 4.78 is 0. The fraction of sp³-hybridized carbons (Fsp3) is 0.440. The van der Waals surface area contributed by atoms with Gasteiger partial charge in [0, 0.05) is 23.8 Å². The number of anilines is 1. The highest BCUT2D eigenvalue weighted by Gasteiger charge is 2.51. The number of hydrogen-bond acceptors (Lipinski definition) is 5. The van der Waals surface area contributed by atoms with Crippen LogP contribution in [0.1, 0.15) is 78.8 Å². The van der Waals surface area contributed by atoms with E-state index in [1.54, 1.807) is 12.1 Å². The van der Waals surface area contributed by atoms with Crippen molar-refractivity contribution >= 4 is 23.5 Å². The summed E-state index contributed by atoms with van der Waals surface area (Å²) in [7, 11) is 0. The second kappa shape index (κ2) is 8.84. The number of hydrogen-bond donors (Lipinski definition) is 3. The third kappa shape index (κ3) is 4.69. The number of rotatable bonds is 6. The fourth-order valence-corrected chi connectivity index (χ4v) is 4.44. The second-order valence-electron chi connectivity index (χ2n) is 9.31. The van der Waals surface area contributed by atoms with Gasteiger partial charge < -0.3 is 21.3 Å². The van der Waals surface area contributed by atoms with E-state index in [0.29, 0.717) is 29.8 Å². The van der Waals surface area contributed by atoms with Gasteiger partial charge >= 0.3 is 0 Å². The Morgan fingerprint density at radius 1 is 1.03 bits per heavy atom. The number of nitrogens with zero attached hydrogens (tertiary/aromatic N) is 2. The summed E-state index contributed by atoms with van der Waals surface area (Å²) in [6, 6.07) is 10.8. The van der Waals surface area contributed by atoms with Crippen LogP contribution in [-0.2, 0) is 4.79 Å². The Morgan fingerprint density at radius 2 is 1.64 bits per heavy atom. The summed E-state index contributed by atoms with van der Waals surface area (Å²) >= 11 is 0. The van der Waals surface area contributed by atoms with E-state index in [0.717, 1.165) is 18.4 Å². The monoisotopic (exact) mass is 449 g/mol. The van der Waals surface area contributed by atoms with Gasteiger partial charge in [0.15, 0.2) is 0 Å². The van der Waals surface area contributed by atoms with Crippen molar-refractivity contribution in [3.05, 3.63) is 59.3 Å². The lowest BCUT2D eigenvalue weighted by molar-refractivity contribution is -0.124. The maximum Gasteiger partial charge on any atom is 0.254 e. The topological polar surface area (TPSA) is 117 Å². The number of amides is 3. The molecule has 8 heteroatoms. The number of nitrogens with one attached hydrogen (secondary N) is 2. The molecule has 0 bridgehead atoms. The molecule has 2 aromatic rings. The van der Waals surface area contributed by atoms with Gasteiger partial charge in [-0.25, -0.2) is 4.98 Å². The zero-order valence-electron chi connectivity index (χ0n) is 19.3. The molecule has 174 valence electrons. The molecule has 1 aromatic heterocycles. The Bertz CT molecular complexity index is 1040. The van der Waals surface area contributed by atoms with Crippen LogP contribution >= 0.6 is 0 Å². The highest BCUT2D eigenvalue weighted by Crippen LogP contribution is 2.36. The first-order valence-electron chi connectivity index (χ1n) is 11.5. The van der Waals surface area contributed by atoms with Crippen LogP contribution in [-0.4, -0.2) is 45.2 Å². The first-order chi connectivity index (χ1) is 15.7. The summed E-state index contributed by atoms with van der Waals surface area (Å²) in [6.07, 6.45) is 4.62. The number of benzene rings is 1. The fourth-order valence-electron chi connectivity index (χ4n) is 4.44. The third-order valence-electron chi connectivity index (χ3n) is 6.78. The SMILES string of the molecule is CC1CCC(C)N1C(=O)c1ccc([C@@H](C)NC(=O)C2(NC(=O)c3ccc(N)nc3)CC2)cc1. The molecule has 1 aliphatic carbocycles. The standard InChI is InChI=1S/C25H31N5O3/c1-15-4-5-16(2)30(15)23(32)19-8-6-18(7-9-19)17(3)28-24(33)25(12-13-25)29-22(31)20-10-11-21(26)27-14-20/h6-11,14-17H,4-5,12-13H2,1-3H3,(H2,26,27)(H,28,33)(H,29,31)/t15?,16?,17-/m1/s1. The molecule has 0 spiro atoms. The third-order valence-corrected chi connectivity index (χ3v) is 6.78. The van der Waals surface area contributed by atoms with E-state index in [9.17, 15) is 14.4 Å².